The Morgan fingerprint density at radius 1 is 1.33 bits per heavy atom. The van der Waals surface area contributed by atoms with Crippen LogP contribution in [-0.4, -0.2) is 0 Å². The molecule has 1 aromatic rings. The maximum absolute atomic E-state index is 6.35. The molecule has 2 rings (SSSR count). The normalized spacial score (nSPS) is 20.4. The van der Waals surface area contributed by atoms with E-state index in [4.69, 9.17) is 5.73 Å². The molecule has 2 heteroatoms. The molecular weight excluding hydrogens is 202 g/mol. The quantitative estimate of drug-likeness (QED) is 0.826. The van der Waals surface area contributed by atoms with Gasteiger partial charge in [-0.2, -0.15) is 0 Å². The number of rotatable bonds is 3. The Labute approximate surface area is 96.7 Å². The Kier molecular flexibility index (Phi) is 3.81. The molecule has 1 heterocycles. The van der Waals surface area contributed by atoms with E-state index in [1.54, 1.807) is 0 Å². The van der Waals surface area contributed by atoms with E-state index in [0.29, 0.717) is 6.04 Å². The van der Waals surface area contributed by atoms with Crippen LogP contribution in [0.2, 0.25) is 0 Å². The van der Waals surface area contributed by atoms with Crippen LogP contribution in [0.15, 0.2) is 12.1 Å². The molecule has 1 aromatic heterocycles. The van der Waals surface area contributed by atoms with Crippen molar-refractivity contribution in [2.75, 3.05) is 0 Å². The predicted octanol–water partition coefficient (Wildman–Crippen LogP) is 3.89. The second-order valence-electron chi connectivity index (χ2n) is 4.58. The lowest BCUT2D eigenvalue weighted by Crippen LogP contribution is -2.22. The fraction of sp³-hybridized carbons (Fsp3) is 0.692. The summed E-state index contributed by atoms with van der Waals surface area (Å²) < 4.78 is 0. The molecule has 0 radical (unpaired) electrons. The van der Waals surface area contributed by atoms with Crippen LogP contribution in [0.4, 0.5) is 0 Å². The molecular formula is C13H21NS. The van der Waals surface area contributed by atoms with Gasteiger partial charge in [-0.05, 0) is 37.3 Å². The standard InChI is InChI=1S/C13H21NS/c1-2-11-8-9-12(15-11)13(14)10-6-4-3-5-7-10/h8-10,13H,2-7,14H2,1H3/t13-/m1/s1. The third-order valence-electron chi connectivity index (χ3n) is 3.52. The highest BCUT2D eigenvalue weighted by molar-refractivity contribution is 7.12. The number of aryl methyl sites for hydroxylation is 1. The molecule has 1 fully saturated rings. The van der Waals surface area contributed by atoms with E-state index in [9.17, 15) is 0 Å². The van der Waals surface area contributed by atoms with Gasteiger partial charge in [0.1, 0.15) is 0 Å². The van der Waals surface area contributed by atoms with E-state index in [1.807, 2.05) is 11.3 Å². The Morgan fingerprint density at radius 2 is 2.07 bits per heavy atom. The zero-order chi connectivity index (χ0) is 10.7. The summed E-state index contributed by atoms with van der Waals surface area (Å²) in [5.74, 6) is 0.738. The van der Waals surface area contributed by atoms with Crippen molar-refractivity contribution < 1.29 is 0 Å². The van der Waals surface area contributed by atoms with Crippen LogP contribution in [-0.2, 0) is 6.42 Å². The maximum atomic E-state index is 6.35. The highest BCUT2D eigenvalue weighted by Crippen LogP contribution is 2.35. The fourth-order valence-electron chi connectivity index (χ4n) is 2.49. The first-order chi connectivity index (χ1) is 7.31. The van der Waals surface area contributed by atoms with Crippen LogP contribution < -0.4 is 5.73 Å². The van der Waals surface area contributed by atoms with Crippen LogP contribution >= 0.6 is 11.3 Å². The summed E-state index contributed by atoms with van der Waals surface area (Å²) >= 11 is 1.91. The van der Waals surface area contributed by atoms with E-state index in [0.717, 1.165) is 12.3 Å². The molecule has 0 aliphatic heterocycles. The lowest BCUT2D eigenvalue weighted by atomic mass is 9.84. The summed E-state index contributed by atoms with van der Waals surface area (Å²) in [6.45, 7) is 2.21. The van der Waals surface area contributed by atoms with Gasteiger partial charge in [-0.25, -0.2) is 0 Å². The molecule has 1 aliphatic carbocycles. The van der Waals surface area contributed by atoms with E-state index in [2.05, 4.69) is 19.1 Å². The van der Waals surface area contributed by atoms with Crippen LogP contribution in [0.25, 0.3) is 0 Å². The van der Waals surface area contributed by atoms with Crippen molar-refractivity contribution in [3.05, 3.63) is 21.9 Å². The highest BCUT2D eigenvalue weighted by atomic mass is 32.1. The van der Waals surface area contributed by atoms with Crippen molar-refractivity contribution in [1.29, 1.82) is 0 Å². The Balaban J connectivity index is 2.02. The van der Waals surface area contributed by atoms with Crippen molar-refractivity contribution in [2.24, 2.45) is 11.7 Å². The average molecular weight is 223 g/mol. The summed E-state index contributed by atoms with van der Waals surface area (Å²) in [6, 6.07) is 4.78. The molecule has 0 spiro atoms. The molecule has 0 unspecified atom stereocenters. The third-order valence-corrected chi connectivity index (χ3v) is 4.85. The topological polar surface area (TPSA) is 26.0 Å². The highest BCUT2D eigenvalue weighted by Gasteiger charge is 2.22. The number of nitrogens with two attached hydrogens (primary N) is 1. The summed E-state index contributed by atoms with van der Waals surface area (Å²) in [5.41, 5.74) is 6.35. The Bertz CT molecular complexity index is 299. The number of hydrogen-bond donors (Lipinski definition) is 1. The van der Waals surface area contributed by atoms with E-state index in [-0.39, 0.29) is 0 Å². The molecule has 1 atom stereocenters. The van der Waals surface area contributed by atoms with Crippen molar-refractivity contribution in [1.82, 2.24) is 0 Å². The van der Waals surface area contributed by atoms with Gasteiger partial charge in [-0.15, -0.1) is 11.3 Å². The minimum absolute atomic E-state index is 0.301. The van der Waals surface area contributed by atoms with Crippen molar-refractivity contribution >= 4 is 11.3 Å². The Morgan fingerprint density at radius 3 is 2.67 bits per heavy atom. The van der Waals surface area contributed by atoms with Gasteiger partial charge in [-0.1, -0.05) is 26.2 Å². The number of thiophene rings is 1. The molecule has 0 amide bonds. The molecule has 1 aliphatic rings. The molecule has 84 valence electrons. The molecule has 1 saturated carbocycles. The smallest absolute Gasteiger partial charge is 0.0418 e. The molecule has 0 bridgehead atoms. The van der Waals surface area contributed by atoms with Gasteiger partial charge in [0.2, 0.25) is 0 Å². The van der Waals surface area contributed by atoms with Crippen molar-refractivity contribution in [2.45, 2.75) is 51.5 Å². The van der Waals surface area contributed by atoms with Crippen molar-refractivity contribution in [3.63, 3.8) is 0 Å². The van der Waals surface area contributed by atoms with E-state index >= 15 is 0 Å². The summed E-state index contributed by atoms with van der Waals surface area (Å²) in [7, 11) is 0. The monoisotopic (exact) mass is 223 g/mol. The van der Waals surface area contributed by atoms with Crippen LogP contribution in [0.1, 0.15) is 54.8 Å². The predicted molar refractivity (Wildman–Crippen MR) is 67.2 cm³/mol. The van der Waals surface area contributed by atoms with Gasteiger partial charge in [0.25, 0.3) is 0 Å². The van der Waals surface area contributed by atoms with E-state index in [1.165, 1.54) is 41.9 Å². The summed E-state index contributed by atoms with van der Waals surface area (Å²) in [5, 5.41) is 0. The molecule has 2 N–H and O–H groups in total. The largest absolute Gasteiger partial charge is 0.323 e. The Hall–Kier alpha value is -0.340. The first-order valence-corrected chi connectivity index (χ1v) is 6.97. The number of hydrogen-bond acceptors (Lipinski definition) is 2. The minimum Gasteiger partial charge on any atom is -0.323 e. The van der Waals surface area contributed by atoms with Gasteiger partial charge in [-0.3, -0.25) is 0 Å². The van der Waals surface area contributed by atoms with Gasteiger partial charge in [0.15, 0.2) is 0 Å². The second kappa shape index (κ2) is 5.13. The summed E-state index contributed by atoms with van der Waals surface area (Å²) in [4.78, 5) is 2.87. The second-order valence-corrected chi connectivity index (χ2v) is 5.78. The van der Waals surface area contributed by atoms with Crippen LogP contribution in [0.5, 0.6) is 0 Å². The molecule has 15 heavy (non-hydrogen) atoms. The fourth-order valence-corrected chi connectivity index (χ4v) is 3.54. The lowest BCUT2D eigenvalue weighted by molar-refractivity contribution is 0.311. The zero-order valence-corrected chi connectivity index (χ0v) is 10.4. The molecule has 0 saturated heterocycles. The van der Waals surface area contributed by atoms with Gasteiger partial charge >= 0.3 is 0 Å². The maximum Gasteiger partial charge on any atom is 0.0418 e. The third kappa shape index (κ3) is 2.61. The van der Waals surface area contributed by atoms with Crippen LogP contribution in [0.3, 0.4) is 0 Å². The zero-order valence-electron chi connectivity index (χ0n) is 9.54. The minimum atomic E-state index is 0.301. The lowest BCUT2D eigenvalue weighted by Gasteiger charge is -2.26. The average Bonchev–Trinajstić information content (AvgIpc) is 2.78. The van der Waals surface area contributed by atoms with Gasteiger partial charge in [0.05, 0.1) is 0 Å². The SMILES string of the molecule is CCc1ccc([C@H](N)C2CCCCC2)s1. The summed E-state index contributed by atoms with van der Waals surface area (Å²) in [6.07, 6.45) is 7.98. The first-order valence-electron chi connectivity index (χ1n) is 6.15. The first kappa shape index (κ1) is 11.2. The molecule has 0 aromatic carbocycles. The molecule has 1 nitrogen and oxygen atoms in total. The van der Waals surface area contributed by atoms with Gasteiger partial charge < -0.3 is 5.73 Å². The van der Waals surface area contributed by atoms with Crippen LogP contribution in [0, 0.1) is 5.92 Å². The van der Waals surface area contributed by atoms with Gasteiger partial charge in [0, 0.05) is 15.8 Å². The van der Waals surface area contributed by atoms with E-state index < -0.39 is 0 Å². The van der Waals surface area contributed by atoms with Crippen molar-refractivity contribution in [3.8, 4) is 0 Å².